The predicted octanol–water partition coefficient (Wildman–Crippen LogP) is 4.28. The van der Waals surface area contributed by atoms with E-state index < -0.39 is 0 Å². The number of hydrogen-bond acceptors (Lipinski definition) is 3. The van der Waals surface area contributed by atoms with Gasteiger partial charge in [-0.1, -0.05) is 29.8 Å². The van der Waals surface area contributed by atoms with Gasteiger partial charge < -0.3 is 10.2 Å². The molecule has 3 nitrogen and oxygen atoms in total. The maximum Gasteiger partial charge on any atom is 0.243 e. The number of carbonyl (C=O) groups is 1. The summed E-state index contributed by atoms with van der Waals surface area (Å²) in [6.45, 7) is 1.25. The van der Waals surface area contributed by atoms with Gasteiger partial charge >= 0.3 is 0 Å². The fourth-order valence-electron chi connectivity index (χ4n) is 2.50. The van der Waals surface area contributed by atoms with E-state index in [2.05, 4.69) is 22.3 Å². The fourth-order valence-corrected chi connectivity index (χ4v) is 3.71. The molecule has 1 heterocycles. The number of benzene rings is 2. The third-order valence-electron chi connectivity index (χ3n) is 3.48. The Kier molecular flexibility index (Phi) is 4.90. The van der Waals surface area contributed by atoms with Crippen molar-refractivity contribution in [2.75, 3.05) is 29.1 Å². The van der Waals surface area contributed by atoms with Crippen molar-refractivity contribution < 1.29 is 4.79 Å². The molecule has 3 rings (SSSR count). The van der Waals surface area contributed by atoms with E-state index in [1.54, 1.807) is 12.1 Å². The highest BCUT2D eigenvalue weighted by molar-refractivity contribution is 7.99. The van der Waals surface area contributed by atoms with E-state index in [1.165, 1.54) is 4.90 Å². The first-order valence-corrected chi connectivity index (χ1v) is 8.61. The van der Waals surface area contributed by atoms with E-state index >= 15 is 0 Å². The van der Waals surface area contributed by atoms with E-state index in [9.17, 15) is 4.79 Å². The molecular formula is C17H17ClN2OS. The number of halogens is 1. The van der Waals surface area contributed by atoms with Crippen molar-refractivity contribution in [1.82, 2.24) is 0 Å². The molecule has 1 N–H and O–H groups in total. The number of thioether (sulfide) groups is 1. The number of anilines is 2. The zero-order valence-corrected chi connectivity index (χ0v) is 13.7. The van der Waals surface area contributed by atoms with E-state index in [-0.39, 0.29) is 5.91 Å². The molecule has 1 aliphatic heterocycles. The van der Waals surface area contributed by atoms with Crippen LogP contribution in [0.4, 0.5) is 11.4 Å². The zero-order chi connectivity index (χ0) is 15.4. The van der Waals surface area contributed by atoms with E-state index in [4.69, 9.17) is 11.6 Å². The summed E-state index contributed by atoms with van der Waals surface area (Å²) >= 11 is 7.80. The van der Waals surface area contributed by atoms with Crippen LogP contribution in [0.2, 0.25) is 5.02 Å². The molecule has 1 amide bonds. The van der Waals surface area contributed by atoms with Crippen LogP contribution in [-0.4, -0.2) is 24.7 Å². The van der Waals surface area contributed by atoms with Crippen LogP contribution in [0.5, 0.6) is 0 Å². The summed E-state index contributed by atoms with van der Waals surface area (Å²) in [5.41, 5.74) is 1.88. The maximum absolute atomic E-state index is 12.3. The number of nitrogens with zero attached hydrogens (tertiary/aromatic N) is 1. The van der Waals surface area contributed by atoms with Crippen LogP contribution in [0.3, 0.4) is 0 Å². The lowest BCUT2D eigenvalue weighted by molar-refractivity contribution is -0.115. The summed E-state index contributed by atoms with van der Waals surface area (Å²) in [5, 5.41) is 3.53. The molecule has 0 spiro atoms. The smallest absolute Gasteiger partial charge is 0.243 e. The minimum Gasteiger partial charge on any atom is -0.361 e. The predicted molar refractivity (Wildman–Crippen MR) is 94.1 cm³/mol. The van der Waals surface area contributed by atoms with Gasteiger partial charge in [-0.3, -0.25) is 4.79 Å². The topological polar surface area (TPSA) is 32.3 Å². The number of nitrogens with one attached hydrogen (secondary N) is 1. The first-order chi connectivity index (χ1) is 10.7. The SMILES string of the molecule is O=C(CN1CCCSc2ccccc21)Nc1cccc(Cl)c1. The van der Waals surface area contributed by atoms with Gasteiger partial charge in [-0.25, -0.2) is 0 Å². The molecule has 0 atom stereocenters. The average Bonchev–Trinajstić information content (AvgIpc) is 2.70. The molecule has 1 aliphatic rings. The van der Waals surface area contributed by atoms with E-state index in [0.29, 0.717) is 11.6 Å². The second-order valence-corrected chi connectivity index (χ2v) is 6.72. The zero-order valence-electron chi connectivity index (χ0n) is 12.1. The van der Waals surface area contributed by atoms with Gasteiger partial charge in [0.05, 0.1) is 12.2 Å². The van der Waals surface area contributed by atoms with Gasteiger partial charge in [0.1, 0.15) is 0 Å². The second-order valence-electron chi connectivity index (χ2n) is 5.15. The maximum atomic E-state index is 12.3. The van der Waals surface area contributed by atoms with Gasteiger partial charge in [0.2, 0.25) is 5.91 Å². The first-order valence-electron chi connectivity index (χ1n) is 7.24. The molecule has 22 heavy (non-hydrogen) atoms. The van der Waals surface area contributed by atoms with Crippen LogP contribution in [0.15, 0.2) is 53.4 Å². The summed E-state index contributed by atoms with van der Waals surface area (Å²) in [6.07, 6.45) is 1.07. The minimum atomic E-state index is -0.0241. The van der Waals surface area contributed by atoms with Crippen molar-refractivity contribution in [2.24, 2.45) is 0 Å². The number of carbonyl (C=O) groups excluding carboxylic acids is 1. The Morgan fingerprint density at radius 1 is 1.23 bits per heavy atom. The summed E-state index contributed by atoms with van der Waals surface area (Å²) in [5.74, 6) is 1.06. The lowest BCUT2D eigenvalue weighted by Gasteiger charge is -2.23. The summed E-state index contributed by atoms with van der Waals surface area (Å²) in [4.78, 5) is 15.7. The number of amides is 1. The summed E-state index contributed by atoms with van der Waals surface area (Å²) in [6, 6.07) is 15.5. The van der Waals surface area contributed by atoms with E-state index in [0.717, 1.165) is 30.1 Å². The van der Waals surface area contributed by atoms with Gasteiger partial charge in [0, 0.05) is 22.2 Å². The monoisotopic (exact) mass is 332 g/mol. The number of fused-ring (bicyclic) bond motifs is 1. The van der Waals surface area contributed by atoms with E-state index in [1.807, 2.05) is 36.0 Å². The largest absolute Gasteiger partial charge is 0.361 e. The molecule has 0 fully saturated rings. The van der Waals surface area contributed by atoms with Gasteiger partial charge in [-0.15, -0.1) is 11.8 Å². The third kappa shape index (κ3) is 3.76. The standard InChI is InChI=1S/C17H17ClN2OS/c18-13-5-3-6-14(11-13)19-17(21)12-20-9-4-10-22-16-8-2-1-7-15(16)20/h1-3,5-8,11H,4,9-10,12H2,(H,19,21). The Hall–Kier alpha value is -1.65. The highest BCUT2D eigenvalue weighted by Crippen LogP contribution is 2.33. The number of para-hydroxylation sites is 1. The normalized spacial score (nSPS) is 14.1. The minimum absolute atomic E-state index is 0.0241. The molecule has 0 aromatic heterocycles. The van der Waals surface area contributed by atoms with Crippen molar-refractivity contribution in [3.63, 3.8) is 0 Å². The van der Waals surface area contributed by atoms with Gasteiger partial charge in [0.15, 0.2) is 0 Å². The molecule has 0 bridgehead atoms. The van der Waals surface area contributed by atoms with Crippen LogP contribution < -0.4 is 10.2 Å². The Morgan fingerprint density at radius 2 is 2.09 bits per heavy atom. The summed E-state index contributed by atoms with van der Waals surface area (Å²) in [7, 11) is 0. The summed E-state index contributed by atoms with van der Waals surface area (Å²) < 4.78 is 0. The quantitative estimate of drug-likeness (QED) is 0.910. The van der Waals surface area contributed by atoms with Crippen molar-refractivity contribution in [3.05, 3.63) is 53.6 Å². The number of rotatable bonds is 3. The van der Waals surface area contributed by atoms with Crippen LogP contribution in [0.25, 0.3) is 0 Å². The third-order valence-corrected chi connectivity index (χ3v) is 4.86. The first kappa shape index (κ1) is 15.3. The fraction of sp³-hybridized carbons (Fsp3) is 0.235. The van der Waals surface area contributed by atoms with Crippen molar-refractivity contribution in [2.45, 2.75) is 11.3 Å². The van der Waals surface area contributed by atoms with Crippen LogP contribution in [0, 0.1) is 0 Å². The molecule has 114 valence electrons. The Labute approximate surface area is 139 Å². The van der Waals surface area contributed by atoms with Crippen LogP contribution in [-0.2, 0) is 4.79 Å². The van der Waals surface area contributed by atoms with Crippen LogP contribution in [0.1, 0.15) is 6.42 Å². The molecule has 2 aromatic carbocycles. The molecule has 0 saturated carbocycles. The Bertz CT molecular complexity index is 677. The van der Waals surface area contributed by atoms with Crippen molar-refractivity contribution in [3.8, 4) is 0 Å². The molecule has 0 saturated heterocycles. The number of hydrogen-bond donors (Lipinski definition) is 1. The van der Waals surface area contributed by atoms with Gasteiger partial charge in [-0.2, -0.15) is 0 Å². The molecular weight excluding hydrogens is 316 g/mol. The molecule has 0 aliphatic carbocycles. The van der Waals surface area contributed by atoms with Crippen molar-refractivity contribution in [1.29, 1.82) is 0 Å². The highest BCUT2D eigenvalue weighted by Gasteiger charge is 2.17. The van der Waals surface area contributed by atoms with Crippen molar-refractivity contribution >= 4 is 40.6 Å². The highest BCUT2D eigenvalue weighted by atomic mass is 35.5. The van der Waals surface area contributed by atoms with Gasteiger partial charge in [0.25, 0.3) is 0 Å². The average molecular weight is 333 g/mol. The molecule has 0 unspecified atom stereocenters. The lowest BCUT2D eigenvalue weighted by atomic mass is 10.2. The van der Waals surface area contributed by atoms with Gasteiger partial charge in [-0.05, 0) is 42.5 Å². The molecule has 2 aromatic rings. The Balaban J connectivity index is 1.71. The lowest BCUT2D eigenvalue weighted by Crippen LogP contribution is -2.34. The Morgan fingerprint density at radius 3 is 2.95 bits per heavy atom. The second kappa shape index (κ2) is 7.07. The van der Waals surface area contributed by atoms with Crippen LogP contribution >= 0.6 is 23.4 Å². The molecule has 0 radical (unpaired) electrons. The molecule has 5 heteroatoms.